The number of hydrogen-bond donors (Lipinski definition) is 2. The highest BCUT2D eigenvalue weighted by Gasteiger charge is 2.22. The Balaban J connectivity index is 2.37. The molecule has 2 N–H and O–H groups in total. The van der Waals surface area contributed by atoms with Crippen LogP contribution in [0, 0.1) is 10.1 Å². The Morgan fingerprint density at radius 3 is 3.05 bits per heavy atom. The highest BCUT2D eigenvalue weighted by Crippen LogP contribution is 2.34. The second kappa shape index (κ2) is 6.60. The van der Waals surface area contributed by atoms with Gasteiger partial charge >= 0.3 is 5.69 Å². The predicted molar refractivity (Wildman–Crippen MR) is 77.3 cm³/mol. The second-order valence-corrected chi connectivity index (χ2v) is 5.11. The molecule has 0 fully saturated rings. The normalized spacial score (nSPS) is 12.5. The lowest BCUT2D eigenvalue weighted by Gasteiger charge is -2.18. The Morgan fingerprint density at radius 1 is 1.60 bits per heavy atom. The van der Waals surface area contributed by atoms with E-state index in [-0.39, 0.29) is 18.3 Å². The van der Waals surface area contributed by atoms with Gasteiger partial charge in [0.1, 0.15) is 5.69 Å². The molecule has 8 heteroatoms. The summed E-state index contributed by atoms with van der Waals surface area (Å²) < 4.78 is 5.82. The van der Waals surface area contributed by atoms with Crippen molar-refractivity contribution in [2.45, 2.75) is 12.5 Å². The maximum absolute atomic E-state index is 11.3. The molecular formula is C12H15N3O4S. The van der Waals surface area contributed by atoms with Gasteiger partial charge in [-0.05, 0) is 18.6 Å². The summed E-state index contributed by atoms with van der Waals surface area (Å²) in [5, 5.41) is 23.3. The van der Waals surface area contributed by atoms with Crippen LogP contribution in [-0.4, -0.2) is 41.4 Å². The van der Waals surface area contributed by atoms with E-state index in [4.69, 9.17) is 9.84 Å². The number of fused-ring (bicyclic) bond motifs is 1. The summed E-state index contributed by atoms with van der Waals surface area (Å²) >= 11 is 1.36. The topological polar surface area (TPSA) is 97.5 Å². The number of aliphatic hydroxyl groups excluding tert-OH is 1. The van der Waals surface area contributed by atoms with Gasteiger partial charge in [-0.3, -0.25) is 10.1 Å². The third-order valence-corrected chi connectivity index (χ3v) is 3.66. The summed E-state index contributed by atoms with van der Waals surface area (Å²) in [5.74, 6) is 0. The molecule has 1 unspecified atom stereocenters. The lowest BCUT2D eigenvalue weighted by atomic mass is 10.2. The van der Waals surface area contributed by atoms with E-state index in [9.17, 15) is 10.1 Å². The van der Waals surface area contributed by atoms with Crippen molar-refractivity contribution in [1.82, 2.24) is 4.98 Å². The maximum Gasteiger partial charge on any atom is 0.319 e. The highest BCUT2D eigenvalue weighted by atomic mass is 32.1. The number of nitro groups is 1. The molecule has 1 aromatic heterocycles. The smallest absolute Gasteiger partial charge is 0.319 e. The quantitative estimate of drug-likeness (QED) is 0.599. The van der Waals surface area contributed by atoms with Gasteiger partial charge in [0.05, 0.1) is 27.8 Å². The Bertz CT molecular complexity index is 595. The van der Waals surface area contributed by atoms with Crippen LogP contribution in [0.1, 0.15) is 6.42 Å². The fourth-order valence-corrected chi connectivity index (χ4v) is 2.67. The summed E-state index contributed by atoms with van der Waals surface area (Å²) in [6.07, 6.45) is 0.445. The number of aromatic nitrogens is 1. The van der Waals surface area contributed by atoms with E-state index in [1.165, 1.54) is 11.3 Å². The number of ether oxygens (including phenoxy) is 1. The van der Waals surface area contributed by atoms with Crippen molar-refractivity contribution in [2.24, 2.45) is 0 Å². The summed E-state index contributed by atoms with van der Waals surface area (Å²) in [6.45, 7) is 0.334. The Labute approximate surface area is 119 Å². The van der Waals surface area contributed by atoms with Crippen molar-refractivity contribution in [3.63, 3.8) is 0 Å². The molecule has 2 aromatic rings. The predicted octanol–water partition coefficient (Wildman–Crippen LogP) is 2.01. The average Bonchev–Trinajstić information content (AvgIpc) is 2.86. The third-order valence-electron chi connectivity index (χ3n) is 2.86. The van der Waals surface area contributed by atoms with E-state index in [1.54, 1.807) is 24.8 Å². The van der Waals surface area contributed by atoms with Crippen LogP contribution in [-0.2, 0) is 4.74 Å². The van der Waals surface area contributed by atoms with Gasteiger partial charge < -0.3 is 15.2 Å². The minimum atomic E-state index is -0.437. The zero-order chi connectivity index (χ0) is 14.5. The fraction of sp³-hybridized carbons (Fsp3) is 0.417. The van der Waals surface area contributed by atoms with Crippen molar-refractivity contribution in [1.29, 1.82) is 0 Å². The van der Waals surface area contributed by atoms with Gasteiger partial charge in [-0.2, -0.15) is 0 Å². The highest BCUT2D eigenvalue weighted by molar-refractivity contribution is 7.16. The van der Waals surface area contributed by atoms with Gasteiger partial charge in [0.2, 0.25) is 0 Å². The number of aliphatic hydroxyl groups is 1. The van der Waals surface area contributed by atoms with E-state index < -0.39 is 4.92 Å². The molecule has 0 radical (unpaired) electrons. The number of thiazole rings is 1. The van der Waals surface area contributed by atoms with E-state index in [0.29, 0.717) is 24.2 Å². The number of nitrogens with zero attached hydrogens (tertiary/aromatic N) is 2. The van der Waals surface area contributed by atoms with Crippen molar-refractivity contribution in [2.75, 3.05) is 25.6 Å². The summed E-state index contributed by atoms with van der Waals surface area (Å²) in [7, 11) is 1.55. The van der Waals surface area contributed by atoms with Gasteiger partial charge in [0.25, 0.3) is 0 Å². The second-order valence-electron chi connectivity index (χ2n) is 4.23. The summed E-state index contributed by atoms with van der Waals surface area (Å²) in [6, 6.07) is 3.27. The Kier molecular flexibility index (Phi) is 4.83. The van der Waals surface area contributed by atoms with Crippen LogP contribution in [0.3, 0.4) is 0 Å². The summed E-state index contributed by atoms with van der Waals surface area (Å²) in [4.78, 5) is 14.9. The van der Waals surface area contributed by atoms with Gasteiger partial charge in [0, 0.05) is 13.7 Å². The van der Waals surface area contributed by atoms with E-state index >= 15 is 0 Å². The molecule has 2 rings (SSSR count). The van der Waals surface area contributed by atoms with Crippen LogP contribution in [0.15, 0.2) is 17.6 Å². The Morgan fingerprint density at radius 2 is 2.40 bits per heavy atom. The molecule has 108 valence electrons. The molecule has 1 atom stereocenters. The van der Waals surface area contributed by atoms with E-state index in [2.05, 4.69) is 10.3 Å². The standard InChI is InChI=1S/C12H15N3O4S/c1-19-6-8(4-5-16)14-9-2-3-10-11(13-7-20-10)12(9)15(17)18/h2-3,7-8,14,16H,4-6H2,1H3. The minimum Gasteiger partial charge on any atom is -0.396 e. The van der Waals surface area contributed by atoms with Crippen LogP contribution in [0.4, 0.5) is 11.4 Å². The van der Waals surface area contributed by atoms with Crippen LogP contribution < -0.4 is 5.32 Å². The van der Waals surface area contributed by atoms with Crippen molar-refractivity contribution in [3.8, 4) is 0 Å². The molecule has 0 spiro atoms. The first-order chi connectivity index (χ1) is 9.67. The van der Waals surface area contributed by atoms with Crippen LogP contribution in [0.2, 0.25) is 0 Å². The molecule has 0 saturated heterocycles. The number of methoxy groups -OCH3 is 1. The van der Waals surface area contributed by atoms with Crippen molar-refractivity contribution < 1.29 is 14.8 Å². The molecule has 7 nitrogen and oxygen atoms in total. The van der Waals surface area contributed by atoms with Gasteiger partial charge in [-0.25, -0.2) is 4.98 Å². The minimum absolute atomic E-state index is 0.0201. The molecule has 0 aliphatic heterocycles. The first-order valence-electron chi connectivity index (χ1n) is 6.04. The molecule has 0 amide bonds. The maximum atomic E-state index is 11.3. The molecule has 1 heterocycles. The largest absolute Gasteiger partial charge is 0.396 e. The number of benzene rings is 1. The van der Waals surface area contributed by atoms with Crippen molar-refractivity contribution in [3.05, 3.63) is 27.8 Å². The van der Waals surface area contributed by atoms with Gasteiger partial charge in [-0.1, -0.05) is 0 Å². The van der Waals surface area contributed by atoms with E-state index in [1.807, 2.05) is 0 Å². The SMILES string of the molecule is COCC(CCO)Nc1ccc2scnc2c1[N+](=O)[O-]. The van der Waals surface area contributed by atoms with Crippen LogP contribution >= 0.6 is 11.3 Å². The lowest BCUT2D eigenvalue weighted by molar-refractivity contribution is -0.382. The zero-order valence-electron chi connectivity index (χ0n) is 10.9. The van der Waals surface area contributed by atoms with E-state index in [0.717, 1.165) is 4.70 Å². The van der Waals surface area contributed by atoms with Gasteiger partial charge in [0.15, 0.2) is 5.52 Å². The monoisotopic (exact) mass is 297 g/mol. The molecular weight excluding hydrogens is 282 g/mol. The number of hydrogen-bond acceptors (Lipinski definition) is 7. The van der Waals surface area contributed by atoms with Crippen LogP contribution in [0.5, 0.6) is 0 Å². The van der Waals surface area contributed by atoms with Crippen LogP contribution in [0.25, 0.3) is 10.2 Å². The first kappa shape index (κ1) is 14.6. The third kappa shape index (κ3) is 3.03. The molecule has 0 saturated carbocycles. The fourth-order valence-electron chi connectivity index (χ4n) is 1.99. The van der Waals surface area contributed by atoms with Gasteiger partial charge in [-0.15, -0.1) is 11.3 Å². The average molecular weight is 297 g/mol. The number of anilines is 1. The van der Waals surface area contributed by atoms with Crippen molar-refractivity contribution >= 4 is 32.9 Å². The number of rotatable bonds is 7. The molecule has 20 heavy (non-hydrogen) atoms. The zero-order valence-corrected chi connectivity index (χ0v) is 11.7. The number of nitrogens with one attached hydrogen (secondary N) is 1. The molecule has 0 aliphatic carbocycles. The summed E-state index contributed by atoms with van der Waals surface area (Å²) in [5.41, 5.74) is 2.32. The molecule has 0 bridgehead atoms. The Hall–Kier alpha value is -1.77. The number of nitro benzene ring substituents is 1. The first-order valence-corrected chi connectivity index (χ1v) is 6.92. The lowest BCUT2D eigenvalue weighted by Crippen LogP contribution is -2.26. The molecule has 0 aliphatic rings. The molecule has 1 aromatic carbocycles.